The largest absolute Gasteiger partial charge is 4.00 e. The van der Waals surface area contributed by atoms with E-state index in [0.717, 1.165) is 0 Å². The van der Waals surface area contributed by atoms with Gasteiger partial charge in [-0.05, 0) is 0 Å². The van der Waals surface area contributed by atoms with E-state index in [1.165, 1.54) is 0 Å². The molecule has 0 aliphatic heterocycles. The van der Waals surface area contributed by atoms with E-state index < -0.39 is 0 Å². The zero-order valence-corrected chi connectivity index (χ0v) is 8.06. The van der Waals surface area contributed by atoms with Gasteiger partial charge in [0.05, 0.1) is 0 Å². The Bertz CT molecular complexity index is 6.00. The van der Waals surface area contributed by atoms with Crippen LogP contribution in [-0.2, 0) is 37.2 Å². The molecule has 0 fully saturated rings. The molecule has 0 N–H and O–H groups in total. The van der Waals surface area contributed by atoms with Crippen LogP contribution in [-0.4, -0.2) is 0 Å². The summed E-state index contributed by atoms with van der Waals surface area (Å²) in [7, 11) is 0. The number of rotatable bonds is 0. The first-order chi connectivity index (χ1) is 0. The molecule has 4 heteroatoms. The van der Waals surface area contributed by atoms with E-state index in [-0.39, 0.29) is 78.4 Å². The Balaban J connectivity index is 0. The van der Waals surface area contributed by atoms with Gasteiger partial charge >= 0.3 is 26.2 Å². The normalized spacial score (nSPS) is 0. The molecule has 2 nitrogen and oxygen atoms in total. The maximum atomic E-state index is 0. The van der Waals surface area contributed by atoms with Crippen molar-refractivity contribution in [2.75, 3.05) is 0 Å². The van der Waals surface area contributed by atoms with Gasteiger partial charge in [-0.15, -0.1) is 0 Å². The number of hydrogen-bond donors (Lipinski definition) is 0. The van der Waals surface area contributed by atoms with Gasteiger partial charge in [-0.3, -0.25) is 0 Å². The molecule has 1 radical (unpaired) electrons. The van der Waals surface area contributed by atoms with E-state index in [0.29, 0.717) is 0 Å². The van der Waals surface area contributed by atoms with Crippen LogP contribution in [0.25, 0.3) is 0 Å². The summed E-state index contributed by atoms with van der Waals surface area (Å²) >= 11 is 0. The molecular weight excluding hydrogens is 264 g/mol. The van der Waals surface area contributed by atoms with Gasteiger partial charge in [-0.25, -0.2) is 0 Å². The van der Waals surface area contributed by atoms with Gasteiger partial charge in [-0.1, -0.05) is 0 Å². The van der Waals surface area contributed by atoms with Crippen LogP contribution in [0.2, 0.25) is 0 Å². The summed E-state index contributed by atoms with van der Waals surface area (Å²) < 4.78 is 0. The summed E-state index contributed by atoms with van der Waals surface area (Å²) in [6.07, 6.45) is 0. The maximum Gasteiger partial charge on any atom is 4.00 e. The molecule has 0 aliphatic carbocycles. The van der Waals surface area contributed by atoms with Gasteiger partial charge in [0.1, 0.15) is 0 Å². The molecule has 0 atom stereocenters. The molecule has 0 aromatic carbocycles. The maximum absolute atomic E-state index is 0. The molecule has 0 saturated carbocycles. The summed E-state index contributed by atoms with van der Waals surface area (Å²) in [6.45, 7) is 0. The molecule has 0 rings (SSSR count). The van der Waals surface area contributed by atoms with Crippen LogP contribution in [0.3, 0.4) is 0 Å². The van der Waals surface area contributed by atoms with Crippen molar-refractivity contribution in [3.05, 3.63) is 0 Å². The van der Waals surface area contributed by atoms with E-state index in [4.69, 9.17) is 0 Å². The molecule has 19 valence electrons. The minimum atomic E-state index is 0. The van der Waals surface area contributed by atoms with Crippen molar-refractivity contribution in [3.8, 4) is 0 Å². The van der Waals surface area contributed by atoms with E-state index in [1.807, 2.05) is 0 Å². The predicted molar refractivity (Wildman–Crippen MR) is 1.37 cm³/mol. The van der Waals surface area contributed by atoms with Crippen LogP contribution in [0.15, 0.2) is 0 Å². The molecule has 0 aromatic heterocycles. The van der Waals surface area contributed by atoms with Crippen LogP contribution in [0.5, 0.6) is 0 Å². The summed E-state index contributed by atoms with van der Waals surface area (Å²) in [6, 6.07) is 0. The summed E-state index contributed by atoms with van der Waals surface area (Å²) in [5.41, 5.74) is 0. The van der Waals surface area contributed by atoms with Gasteiger partial charge in [0.2, 0.25) is 0 Å². The predicted octanol–water partition coefficient (Wildman–Crippen LogP) is -0.240. The van der Waals surface area contributed by atoms with Crippen molar-refractivity contribution >= 4 is 0 Å². The summed E-state index contributed by atoms with van der Waals surface area (Å²) in [5.74, 6) is 0. The number of hydrogen-bond acceptors (Lipinski definition) is 0. The first kappa shape index (κ1) is 35.1. The first-order valence-corrected chi connectivity index (χ1v) is 0. The molecule has 0 aromatic rings. The van der Waals surface area contributed by atoms with Crippen LogP contribution < -0.4 is 0 Å². The Hall–Kier alpha value is 2.17. The Morgan fingerprint density at radius 1 is 0.750 bits per heavy atom. The average molecular weight is 264 g/mol. The minimum Gasteiger partial charge on any atom is -2.00 e. The second kappa shape index (κ2) is 19.1. The van der Waals surface area contributed by atoms with E-state index >= 15 is 0 Å². The monoisotopic (exact) mass is 263 g/mol. The Morgan fingerprint density at radius 3 is 0.750 bits per heavy atom. The summed E-state index contributed by atoms with van der Waals surface area (Å²) in [4.78, 5) is 0. The van der Waals surface area contributed by atoms with Crippen molar-refractivity contribution in [2.24, 2.45) is 0 Å². The third-order valence-corrected chi connectivity index (χ3v) is 0. The Kier molecular flexibility index (Phi) is 167. The third kappa shape index (κ3) is 8.90. The van der Waals surface area contributed by atoms with Crippen LogP contribution in [0.1, 0.15) is 0 Å². The van der Waals surface area contributed by atoms with Crippen molar-refractivity contribution in [3.63, 3.8) is 0 Å². The second-order valence-corrected chi connectivity index (χ2v) is 0. The molecule has 0 spiro atoms. The Labute approximate surface area is 77.0 Å². The van der Waals surface area contributed by atoms with Gasteiger partial charge in [-0.2, -0.15) is 0 Å². The van der Waals surface area contributed by atoms with E-state index in [2.05, 4.69) is 0 Å². The SMILES string of the molecule is [O-2].[O-2].[Pr].[Zr+4]. The fourth-order valence-corrected chi connectivity index (χ4v) is 0. The van der Waals surface area contributed by atoms with Crippen molar-refractivity contribution in [1.82, 2.24) is 0 Å². The van der Waals surface area contributed by atoms with Gasteiger partial charge < -0.3 is 11.0 Å². The quantitative estimate of drug-likeness (QED) is 0.580. The van der Waals surface area contributed by atoms with Crippen molar-refractivity contribution in [1.29, 1.82) is 0 Å². The zero-order valence-electron chi connectivity index (χ0n) is 1.89. The van der Waals surface area contributed by atoms with Crippen molar-refractivity contribution in [2.45, 2.75) is 0 Å². The molecule has 0 aliphatic rings. The van der Waals surface area contributed by atoms with Gasteiger partial charge in [0.15, 0.2) is 0 Å². The topological polar surface area (TPSA) is 57.0 Å². The molecular formula is O2PrZr. The molecule has 0 unspecified atom stereocenters. The first-order valence-electron chi connectivity index (χ1n) is 0. The Morgan fingerprint density at radius 2 is 0.750 bits per heavy atom. The molecule has 4 heavy (non-hydrogen) atoms. The smallest absolute Gasteiger partial charge is 2.00 e. The third-order valence-electron chi connectivity index (χ3n) is 0. The standard InChI is InChI=1S/2O.Pr.Zr/q2*-2;;+4. The van der Waals surface area contributed by atoms with E-state index in [9.17, 15) is 0 Å². The van der Waals surface area contributed by atoms with E-state index in [1.54, 1.807) is 0 Å². The molecule has 0 heterocycles. The average Bonchev–Trinajstić information content (AvgIpc) is 0. The van der Waals surface area contributed by atoms with Gasteiger partial charge in [0.25, 0.3) is 0 Å². The fraction of sp³-hybridized carbons (Fsp3) is 0. The van der Waals surface area contributed by atoms with Crippen LogP contribution in [0.4, 0.5) is 0 Å². The van der Waals surface area contributed by atoms with Crippen molar-refractivity contribution < 1.29 is 78.4 Å². The van der Waals surface area contributed by atoms with Crippen LogP contribution in [0, 0.1) is 41.3 Å². The minimum absolute atomic E-state index is 0. The summed E-state index contributed by atoms with van der Waals surface area (Å²) in [5, 5.41) is 0. The van der Waals surface area contributed by atoms with Crippen LogP contribution >= 0.6 is 0 Å². The second-order valence-electron chi connectivity index (χ2n) is 0. The van der Waals surface area contributed by atoms with Gasteiger partial charge in [0, 0.05) is 41.3 Å². The zero-order chi connectivity index (χ0) is 0. The molecule has 0 amide bonds. The molecule has 0 saturated heterocycles. The fourth-order valence-electron chi connectivity index (χ4n) is 0. The molecule has 0 bridgehead atoms.